The van der Waals surface area contributed by atoms with Gasteiger partial charge < -0.3 is 0 Å². The molecule has 0 aliphatic rings. The molecule has 0 spiro atoms. The number of unbranched alkanes of at least 4 members (excludes halogenated alkanes) is 2. The van der Waals surface area contributed by atoms with Crippen LogP contribution in [0.3, 0.4) is 0 Å². The molecule has 1 nitrogen and oxygen atoms in total. The van der Waals surface area contributed by atoms with E-state index in [0.717, 1.165) is 19.3 Å². The first-order chi connectivity index (χ1) is 7.65. The van der Waals surface area contributed by atoms with Crippen molar-refractivity contribution in [2.24, 2.45) is 0 Å². The van der Waals surface area contributed by atoms with Crippen molar-refractivity contribution in [1.29, 1.82) is 0 Å². The molecule has 16 heavy (non-hydrogen) atoms. The summed E-state index contributed by atoms with van der Waals surface area (Å²) in [6.07, 6.45) is 3.49. The van der Waals surface area contributed by atoms with Crippen LogP contribution in [0.25, 0.3) is 0 Å². The number of hydrogen-bond donors (Lipinski definition) is 0. The van der Waals surface area contributed by atoms with Gasteiger partial charge in [-0.05, 0) is 24.1 Å². The molecule has 0 bridgehead atoms. The van der Waals surface area contributed by atoms with Crippen molar-refractivity contribution >= 4 is 17.4 Å². The Morgan fingerprint density at radius 1 is 1.31 bits per heavy atom. The van der Waals surface area contributed by atoms with Gasteiger partial charge in [0.2, 0.25) is 0 Å². The molecular formula is C13H16ClFO. The average molecular weight is 243 g/mol. The molecule has 0 aliphatic carbocycles. The van der Waals surface area contributed by atoms with E-state index in [1.165, 1.54) is 12.1 Å². The van der Waals surface area contributed by atoms with Gasteiger partial charge in [0.1, 0.15) is 11.2 Å². The Hall–Kier alpha value is -0.890. The van der Waals surface area contributed by atoms with E-state index in [4.69, 9.17) is 11.6 Å². The van der Waals surface area contributed by atoms with Crippen LogP contribution in [-0.2, 0) is 4.79 Å². The summed E-state index contributed by atoms with van der Waals surface area (Å²) in [4.78, 5) is 11.7. The number of alkyl halides is 1. The summed E-state index contributed by atoms with van der Waals surface area (Å²) >= 11 is 6.02. The molecule has 1 unspecified atom stereocenters. The summed E-state index contributed by atoms with van der Waals surface area (Å²) in [7, 11) is 0. The largest absolute Gasteiger partial charge is 0.298 e. The van der Waals surface area contributed by atoms with Gasteiger partial charge in [-0.2, -0.15) is 0 Å². The summed E-state index contributed by atoms with van der Waals surface area (Å²) < 4.78 is 12.7. The normalized spacial score (nSPS) is 12.4. The lowest BCUT2D eigenvalue weighted by Gasteiger charge is -2.08. The molecule has 0 aliphatic heterocycles. The molecule has 88 valence electrons. The number of benzene rings is 1. The lowest BCUT2D eigenvalue weighted by atomic mass is 10.0. The molecule has 0 saturated carbocycles. The van der Waals surface area contributed by atoms with Gasteiger partial charge in [-0.1, -0.05) is 31.9 Å². The van der Waals surface area contributed by atoms with Crippen molar-refractivity contribution in [1.82, 2.24) is 0 Å². The maximum atomic E-state index is 12.7. The number of hydrogen-bond acceptors (Lipinski definition) is 1. The molecule has 1 atom stereocenters. The first-order valence-corrected chi connectivity index (χ1v) is 6.01. The fraction of sp³-hybridized carbons (Fsp3) is 0.462. The first kappa shape index (κ1) is 13.2. The maximum absolute atomic E-state index is 12.7. The second-order valence-corrected chi connectivity index (χ2v) is 4.27. The Bertz CT molecular complexity index is 334. The van der Waals surface area contributed by atoms with Gasteiger partial charge >= 0.3 is 0 Å². The fourth-order valence-corrected chi connectivity index (χ4v) is 1.75. The highest BCUT2D eigenvalue weighted by molar-refractivity contribution is 6.31. The lowest BCUT2D eigenvalue weighted by molar-refractivity contribution is -0.118. The van der Waals surface area contributed by atoms with E-state index < -0.39 is 5.38 Å². The number of rotatable bonds is 6. The maximum Gasteiger partial charge on any atom is 0.155 e. The highest BCUT2D eigenvalue weighted by Gasteiger charge is 2.16. The van der Waals surface area contributed by atoms with E-state index in [1.807, 2.05) is 0 Å². The lowest BCUT2D eigenvalue weighted by Crippen LogP contribution is -2.06. The van der Waals surface area contributed by atoms with E-state index in [1.54, 1.807) is 12.1 Å². The summed E-state index contributed by atoms with van der Waals surface area (Å²) in [5, 5.41) is -0.641. The molecule has 1 aromatic rings. The number of Topliss-reactive ketones (excluding diaryl/α,β-unsaturated/α-hetero) is 1. The van der Waals surface area contributed by atoms with Gasteiger partial charge in [0.05, 0.1) is 0 Å². The summed E-state index contributed by atoms with van der Waals surface area (Å²) in [6, 6.07) is 5.77. The van der Waals surface area contributed by atoms with Crippen molar-refractivity contribution in [3.05, 3.63) is 35.6 Å². The van der Waals surface area contributed by atoms with Crippen LogP contribution in [-0.4, -0.2) is 5.78 Å². The summed E-state index contributed by atoms with van der Waals surface area (Å²) in [5.41, 5.74) is 0.671. The highest BCUT2D eigenvalue weighted by Crippen LogP contribution is 2.23. The fourth-order valence-electron chi connectivity index (χ4n) is 1.49. The molecule has 0 saturated heterocycles. The second kappa shape index (κ2) is 6.64. The predicted octanol–water partition coefficient (Wildman–Crippen LogP) is 4.26. The van der Waals surface area contributed by atoms with E-state index >= 15 is 0 Å². The standard InChI is InChI=1S/C13H16ClFO/c1-2-3-4-5-12(16)13(14)10-6-8-11(15)9-7-10/h6-9,13H,2-5H2,1H3. The van der Waals surface area contributed by atoms with Crippen LogP contribution >= 0.6 is 11.6 Å². The smallest absolute Gasteiger partial charge is 0.155 e. The van der Waals surface area contributed by atoms with Crippen LogP contribution in [0.5, 0.6) is 0 Å². The second-order valence-electron chi connectivity index (χ2n) is 3.84. The SMILES string of the molecule is CCCCCC(=O)C(Cl)c1ccc(F)cc1. The average Bonchev–Trinajstić information content (AvgIpc) is 2.29. The van der Waals surface area contributed by atoms with Crippen LogP contribution in [0.1, 0.15) is 43.5 Å². The molecule has 0 fully saturated rings. The van der Waals surface area contributed by atoms with Crippen molar-refractivity contribution < 1.29 is 9.18 Å². The Kier molecular flexibility index (Phi) is 5.47. The van der Waals surface area contributed by atoms with Crippen LogP contribution in [0.4, 0.5) is 4.39 Å². The van der Waals surface area contributed by atoms with Gasteiger partial charge in [-0.25, -0.2) is 4.39 Å². The number of carbonyl (C=O) groups excluding carboxylic acids is 1. The van der Waals surface area contributed by atoms with Crippen molar-refractivity contribution in [2.75, 3.05) is 0 Å². The summed E-state index contributed by atoms with van der Waals surface area (Å²) in [6.45, 7) is 2.09. The monoisotopic (exact) mass is 242 g/mol. The zero-order chi connectivity index (χ0) is 12.0. The zero-order valence-electron chi connectivity index (χ0n) is 9.38. The van der Waals surface area contributed by atoms with Gasteiger partial charge in [0, 0.05) is 6.42 Å². The third kappa shape index (κ3) is 3.93. The van der Waals surface area contributed by atoms with Crippen molar-refractivity contribution in [3.8, 4) is 0 Å². The van der Waals surface area contributed by atoms with Gasteiger partial charge in [-0.3, -0.25) is 4.79 Å². The van der Waals surface area contributed by atoms with Gasteiger partial charge in [0.25, 0.3) is 0 Å². The van der Waals surface area contributed by atoms with Crippen LogP contribution < -0.4 is 0 Å². The van der Waals surface area contributed by atoms with E-state index in [2.05, 4.69) is 6.92 Å². The molecule has 0 heterocycles. The quantitative estimate of drug-likeness (QED) is 0.538. The minimum absolute atomic E-state index is 0.0155. The van der Waals surface area contributed by atoms with Crippen LogP contribution in [0.15, 0.2) is 24.3 Å². The van der Waals surface area contributed by atoms with Gasteiger partial charge in [0.15, 0.2) is 5.78 Å². The van der Waals surface area contributed by atoms with Crippen LogP contribution in [0.2, 0.25) is 0 Å². The van der Waals surface area contributed by atoms with Crippen molar-refractivity contribution in [2.45, 2.75) is 38.0 Å². The Balaban J connectivity index is 2.53. The number of ketones is 1. The number of halogens is 2. The highest BCUT2D eigenvalue weighted by atomic mass is 35.5. The van der Waals surface area contributed by atoms with E-state index in [0.29, 0.717) is 12.0 Å². The van der Waals surface area contributed by atoms with Crippen LogP contribution in [0, 0.1) is 5.82 Å². The molecule has 3 heteroatoms. The minimum Gasteiger partial charge on any atom is -0.298 e. The van der Waals surface area contributed by atoms with Crippen molar-refractivity contribution in [3.63, 3.8) is 0 Å². The molecule has 0 N–H and O–H groups in total. The molecule has 1 aromatic carbocycles. The predicted molar refractivity (Wildman–Crippen MR) is 64.1 cm³/mol. The third-order valence-corrected chi connectivity index (χ3v) is 2.97. The molecule has 0 amide bonds. The molecule has 1 rings (SSSR count). The number of carbonyl (C=O) groups is 1. The first-order valence-electron chi connectivity index (χ1n) is 5.57. The van der Waals surface area contributed by atoms with E-state index in [9.17, 15) is 9.18 Å². The van der Waals surface area contributed by atoms with E-state index in [-0.39, 0.29) is 11.6 Å². The Morgan fingerprint density at radius 3 is 2.50 bits per heavy atom. The Morgan fingerprint density at radius 2 is 1.94 bits per heavy atom. The minimum atomic E-state index is -0.641. The third-order valence-electron chi connectivity index (χ3n) is 2.47. The van der Waals surface area contributed by atoms with Gasteiger partial charge in [-0.15, -0.1) is 11.6 Å². The Labute approximate surface area is 101 Å². The molecular weight excluding hydrogens is 227 g/mol. The topological polar surface area (TPSA) is 17.1 Å². The molecule has 0 aromatic heterocycles. The molecule has 0 radical (unpaired) electrons. The zero-order valence-corrected chi connectivity index (χ0v) is 10.1. The summed E-state index contributed by atoms with van der Waals surface area (Å²) in [5.74, 6) is -0.298.